The second kappa shape index (κ2) is 6.68. The molecule has 1 N–H and O–H groups in total. The van der Waals surface area contributed by atoms with Gasteiger partial charge in [-0.25, -0.2) is 4.39 Å². The van der Waals surface area contributed by atoms with E-state index in [-0.39, 0.29) is 11.9 Å². The molecule has 112 valence electrons. The summed E-state index contributed by atoms with van der Waals surface area (Å²) in [5.74, 6) is 0.439. The lowest BCUT2D eigenvalue weighted by atomic mass is 9.95. The van der Waals surface area contributed by atoms with Gasteiger partial charge < -0.3 is 10.1 Å². The fraction of sp³-hybridized carbons (Fsp3) is 0.353. The van der Waals surface area contributed by atoms with Gasteiger partial charge in [-0.2, -0.15) is 0 Å². The van der Waals surface area contributed by atoms with Gasteiger partial charge in [-0.05, 0) is 49.7 Å². The molecular weight excluding hydrogens is 267 g/mol. The topological polar surface area (TPSA) is 34.2 Å². The van der Waals surface area contributed by atoms with Gasteiger partial charge in [0.25, 0.3) is 0 Å². The van der Waals surface area contributed by atoms with Crippen LogP contribution in [0.5, 0.6) is 5.75 Å². The minimum absolute atomic E-state index is 0.314. The Morgan fingerprint density at radius 3 is 2.71 bits per heavy atom. The van der Waals surface area contributed by atoms with Crippen LogP contribution in [0.1, 0.15) is 35.3 Å². The van der Waals surface area contributed by atoms with E-state index < -0.39 is 0 Å². The van der Waals surface area contributed by atoms with E-state index in [1.165, 1.54) is 6.07 Å². The summed E-state index contributed by atoms with van der Waals surface area (Å²) in [6.45, 7) is 6.72. The minimum atomic E-state index is -0.327. The van der Waals surface area contributed by atoms with Crippen LogP contribution >= 0.6 is 0 Å². The lowest BCUT2D eigenvalue weighted by Gasteiger charge is -2.23. The van der Waals surface area contributed by atoms with Crippen LogP contribution in [0.4, 0.5) is 4.39 Å². The molecule has 0 radical (unpaired) electrons. The highest BCUT2D eigenvalue weighted by atomic mass is 19.1. The second-order valence-electron chi connectivity index (χ2n) is 5.06. The minimum Gasteiger partial charge on any atom is -0.496 e. The predicted molar refractivity (Wildman–Crippen MR) is 82.2 cm³/mol. The number of methoxy groups -OCH3 is 1. The molecule has 0 fully saturated rings. The third-order valence-corrected chi connectivity index (χ3v) is 3.47. The van der Waals surface area contributed by atoms with Gasteiger partial charge in [-0.1, -0.05) is 13.0 Å². The molecule has 0 aliphatic rings. The maximum Gasteiger partial charge on any atom is 0.146 e. The standard InChI is InChI=1S/C17H21FN2O/c1-5-19-17(16-13(18)7-6-8-20-16)15-12(3)9-11(2)10-14(15)21-4/h6-10,17,19H,5H2,1-4H3. The smallest absolute Gasteiger partial charge is 0.146 e. The molecule has 0 amide bonds. The van der Waals surface area contributed by atoms with Crippen LogP contribution in [0, 0.1) is 19.7 Å². The SMILES string of the molecule is CCNC(c1ncccc1F)c1c(C)cc(C)cc1OC. The van der Waals surface area contributed by atoms with Crippen LogP contribution in [0.2, 0.25) is 0 Å². The molecule has 1 atom stereocenters. The van der Waals surface area contributed by atoms with Gasteiger partial charge in [0, 0.05) is 11.8 Å². The zero-order valence-corrected chi connectivity index (χ0v) is 12.9. The van der Waals surface area contributed by atoms with Gasteiger partial charge in [0.2, 0.25) is 0 Å². The van der Waals surface area contributed by atoms with Crippen molar-refractivity contribution in [3.05, 3.63) is 58.7 Å². The van der Waals surface area contributed by atoms with Crippen LogP contribution in [0.15, 0.2) is 30.5 Å². The Hall–Kier alpha value is -1.94. The van der Waals surface area contributed by atoms with Crippen molar-refractivity contribution >= 4 is 0 Å². The number of aryl methyl sites for hydroxylation is 2. The molecule has 0 saturated carbocycles. The summed E-state index contributed by atoms with van der Waals surface area (Å²) >= 11 is 0. The lowest BCUT2D eigenvalue weighted by Crippen LogP contribution is -2.25. The van der Waals surface area contributed by atoms with Gasteiger partial charge in [0.05, 0.1) is 18.8 Å². The molecule has 3 nitrogen and oxygen atoms in total. The first-order valence-corrected chi connectivity index (χ1v) is 7.07. The molecule has 1 heterocycles. The number of aromatic nitrogens is 1. The van der Waals surface area contributed by atoms with E-state index in [1.807, 2.05) is 26.8 Å². The number of hydrogen-bond donors (Lipinski definition) is 1. The number of hydrogen-bond acceptors (Lipinski definition) is 3. The van der Waals surface area contributed by atoms with Crippen LogP contribution in [0.25, 0.3) is 0 Å². The van der Waals surface area contributed by atoms with Crippen LogP contribution < -0.4 is 10.1 Å². The van der Waals surface area contributed by atoms with Crippen molar-refractivity contribution in [1.29, 1.82) is 0 Å². The Morgan fingerprint density at radius 1 is 1.33 bits per heavy atom. The first kappa shape index (κ1) is 15.4. The van der Waals surface area contributed by atoms with E-state index in [0.717, 1.165) is 22.4 Å². The van der Waals surface area contributed by atoms with Crippen LogP contribution in [0.3, 0.4) is 0 Å². The van der Waals surface area contributed by atoms with Gasteiger partial charge in [-0.15, -0.1) is 0 Å². The molecule has 1 unspecified atom stereocenters. The number of halogens is 1. The predicted octanol–water partition coefficient (Wildman–Crippen LogP) is 3.55. The molecule has 2 rings (SSSR count). The summed E-state index contributed by atoms with van der Waals surface area (Å²) < 4.78 is 19.7. The Labute approximate surface area is 125 Å². The molecule has 21 heavy (non-hydrogen) atoms. The number of nitrogens with one attached hydrogen (secondary N) is 1. The van der Waals surface area contributed by atoms with Gasteiger partial charge in [-0.3, -0.25) is 4.98 Å². The van der Waals surface area contributed by atoms with Gasteiger partial charge in [0.15, 0.2) is 0 Å². The number of ether oxygens (including phenoxy) is 1. The monoisotopic (exact) mass is 288 g/mol. The largest absolute Gasteiger partial charge is 0.496 e. The van der Waals surface area contributed by atoms with E-state index in [4.69, 9.17) is 4.74 Å². The van der Waals surface area contributed by atoms with Crippen LogP contribution in [-0.2, 0) is 0 Å². The molecule has 0 aliphatic carbocycles. The fourth-order valence-corrected chi connectivity index (χ4v) is 2.63. The quantitative estimate of drug-likeness (QED) is 0.913. The number of benzene rings is 1. The van der Waals surface area contributed by atoms with Crippen molar-refractivity contribution in [2.24, 2.45) is 0 Å². The zero-order chi connectivity index (χ0) is 15.4. The summed E-state index contributed by atoms with van der Waals surface area (Å²) in [5, 5.41) is 3.31. The second-order valence-corrected chi connectivity index (χ2v) is 5.06. The molecule has 4 heteroatoms. The summed E-state index contributed by atoms with van der Waals surface area (Å²) in [6.07, 6.45) is 1.61. The lowest BCUT2D eigenvalue weighted by molar-refractivity contribution is 0.401. The van der Waals surface area contributed by atoms with Crippen molar-refractivity contribution in [3.63, 3.8) is 0 Å². The van der Waals surface area contributed by atoms with Gasteiger partial charge >= 0.3 is 0 Å². The average Bonchev–Trinajstić information content (AvgIpc) is 2.45. The van der Waals surface area contributed by atoms with E-state index in [0.29, 0.717) is 12.2 Å². The molecule has 0 spiro atoms. The van der Waals surface area contributed by atoms with Gasteiger partial charge in [0.1, 0.15) is 11.6 Å². The van der Waals surface area contributed by atoms with Crippen molar-refractivity contribution < 1.29 is 9.13 Å². The number of nitrogens with zero attached hydrogens (tertiary/aromatic N) is 1. The highest BCUT2D eigenvalue weighted by Gasteiger charge is 2.23. The normalized spacial score (nSPS) is 12.2. The summed E-state index contributed by atoms with van der Waals surface area (Å²) in [6, 6.07) is 6.74. The van der Waals surface area contributed by atoms with E-state index >= 15 is 0 Å². The average molecular weight is 288 g/mol. The Kier molecular flexibility index (Phi) is 4.91. The molecule has 1 aromatic heterocycles. The van der Waals surface area contributed by atoms with Crippen LogP contribution in [-0.4, -0.2) is 18.6 Å². The summed E-state index contributed by atoms with van der Waals surface area (Å²) in [5.41, 5.74) is 3.50. The number of rotatable bonds is 5. The Balaban J connectivity index is 2.61. The first-order chi connectivity index (χ1) is 10.1. The zero-order valence-electron chi connectivity index (χ0n) is 12.9. The van der Waals surface area contributed by atoms with Crippen molar-refractivity contribution in [3.8, 4) is 5.75 Å². The molecule has 0 bridgehead atoms. The molecule has 1 aromatic carbocycles. The van der Waals surface area contributed by atoms with Crippen molar-refractivity contribution in [1.82, 2.24) is 10.3 Å². The third-order valence-electron chi connectivity index (χ3n) is 3.47. The first-order valence-electron chi connectivity index (χ1n) is 7.07. The van der Waals surface area contributed by atoms with E-state index in [1.54, 1.807) is 19.4 Å². The molecule has 0 saturated heterocycles. The maximum atomic E-state index is 14.2. The molecular formula is C17H21FN2O. The highest BCUT2D eigenvalue weighted by Crippen LogP contribution is 2.34. The maximum absolute atomic E-state index is 14.2. The Bertz CT molecular complexity index is 628. The van der Waals surface area contributed by atoms with E-state index in [9.17, 15) is 4.39 Å². The third kappa shape index (κ3) is 3.22. The fourth-order valence-electron chi connectivity index (χ4n) is 2.63. The highest BCUT2D eigenvalue weighted by molar-refractivity contribution is 5.47. The van der Waals surface area contributed by atoms with E-state index in [2.05, 4.69) is 16.4 Å². The van der Waals surface area contributed by atoms with Crippen molar-refractivity contribution in [2.75, 3.05) is 13.7 Å². The summed E-state index contributed by atoms with van der Waals surface area (Å²) in [7, 11) is 1.63. The summed E-state index contributed by atoms with van der Waals surface area (Å²) in [4.78, 5) is 4.22. The molecule has 2 aromatic rings. The number of pyridine rings is 1. The van der Waals surface area contributed by atoms with Crippen molar-refractivity contribution in [2.45, 2.75) is 26.8 Å². The Morgan fingerprint density at radius 2 is 2.10 bits per heavy atom. The molecule has 0 aliphatic heterocycles.